The van der Waals surface area contributed by atoms with Crippen LogP contribution in [0.3, 0.4) is 0 Å². The summed E-state index contributed by atoms with van der Waals surface area (Å²) in [6, 6.07) is 11.1. The van der Waals surface area contributed by atoms with Crippen molar-refractivity contribution in [3.8, 4) is 0 Å². The first-order chi connectivity index (χ1) is 13.2. The summed E-state index contributed by atoms with van der Waals surface area (Å²) in [4.78, 5) is 28.5. The maximum Gasteiger partial charge on any atom is 0.291 e. The first-order valence-corrected chi connectivity index (χ1v) is 9.65. The van der Waals surface area contributed by atoms with Gasteiger partial charge in [-0.15, -0.1) is 0 Å². The minimum absolute atomic E-state index is 0.261. The smallest absolute Gasteiger partial charge is 0.291 e. The summed E-state index contributed by atoms with van der Waals surface area (Å²) < 4.78 is 5.09. The molecule has 0 radical (unpaired) electrons. The number of rotatable bonds is 7. The van der Waals surface area contributed by atoms with E-state index in [4.69, 9.17) is 4.42 Å². The van der Waals surface area contributed by atoms with Crippen molar-refractivity contribution in [1.82, 2.24) is 4.90 Å². The Morgan fingerprint density at radius 3 is 2.41 bits per heavy atom. The fraction of sp³-hybridized carbons (Fsp3) is 0.429. The van der Waals surface area contributed by atoms with Crippen molar-refractivity contribution in [2.75, 3.05) is 36.4 Å². The molecule has 0 spiro atoms. The summed E-state index contributed by atoms with van der Waals surface area (Å²) in [6.07, 6.45) is 5.39. The number of nitrogens with one attached hydrogen (secondary N) is 1. The molecule has 2 amide bonds. The molecule has 1 aliphatic rings. The van der Waals surface area contributed by atoms with Gasteiger partial charge in [-0.25, -0.2) is 0 Å². The molecule has 1 aromatic heterocycles. The van der Waals surface area contributed by atoms with Gasteiger partial charge < -0.3 is 19.5 Å². The molecule has 1 fully saturated rings. The molecule has 1 saturated heterocycles. The third-order valence-corrected chi connectivity index (χ3v) is 4.86. The van der Waals surface area contributed by atoms with E-state index in [0.29, 0.717) is 12.2 Å². The molecular formula is C21H27N3O3. The van der Waals surface area contributed by atoms with Gasteiger partial charge in [0.05, 0.1) is 6.26 Å². The average molecular weight is 369 g/mol. The van der Waals surface area contributed by atoms with Crippen LogP contribution in [0.2, 0.25) is 0 Å². The molecule has 2 heterocycles. The van der Waals surface area contributed by atoms with Crippen molar-refractivity contribution in [2.24, 2.45) is 0 Å². The predicted octanol–water partition coefficient (Wildman–Crippen LogP) is 3.76. The Hall–Kier alpha value is -2.76. The lowest BCUT2D eigenvalue weighted by molar-refractivity contribution is -0.131. The third-order valence-electron chi connectivity index (χ3n) is 4.86. The molecule has 27 heavy (non-hydrogen) atoms. The number of carbonyl (C=O) groups is 2. The molecule has 0 bridgehead atoms. The van der Waals surface area contributed by atoms with E-state index in [1.165, 1.54) is 6.26 Å². The van der Waals surface area contributed by atoms with E-state index in [9.17, 15) is 9.59 Å². The van der Waals surface area contributed by atoms with Crippen molar-refractivity contribution in [2.45, 2.75) is 32.6 Å². The fourth-order valence-electron chi connectivity index (χ4n) is 3.25. The number of amides is 2. The average Bonchev–Trinajstić information content (AvgIpc) is 3.24. The second-order valence-corrected chi connectivity index (χ2v) is 6.80. The molecule has 0 atom stereocenters. The first-order valence-electron chi connectivity index (χ1n) is 9.65. The molecular weight excluding hydrogens is 342 g/mol. The fourth-order valence-corrected chi connectivity index (χ4v) is 3.25. The summed E-state index contributed by atoms with van der Waals surface area (Å²) in [5, 5.41) is 2.82. The van der Waals surface area contributed by atoms with Gasteiger partial charge in [0.15, 0.2) is 5.76 Å². The number of anilines is 2. The van der Waals surface area contributed by atoms with Crippen LogP contribution in [0.5, 0.6) is 0 Å². The predicted molar refractivity (Wildman–Crippen MR) is 106 cm³/mol. The van der Waals surface area contributed by atoms with Crippen molar-refractivity contribution in [3.63, 3.8) is 0 Å². The highest BCUT2D eigenvalue weighted by Gasteiger charge is 2.21. The molecule has 1 aliphatic heterocycles. The zero-order valence-corrected chi connectivity index (χ0v) is 15.8. The van der Waals surface area contributed by atoms with Crippen LogP contribution in [0.1, 0.15) is 43.2 Å². The number of benzene rings is 1. The van der Waals surface area contributed by atoms with Gasteiger partial charge in [-0.1, -0.05) is 19.8 Å². The van der Waals surface area contributed by atoms with E-state index < -0.39 is 0 Å². The maximum atomic E-state index is 12.2. The topological polar surface area (TPSA) is 65.8 Å². The van der Waals surface area contributed by atoms with Crippen LogP contribution in [-0.4, -0.2) is 42.9 Å². The first kappa shape index (κ1) is 19.0. The molecule has 6 nitrogen and oxygen atoms in total. The molecule has 144 valence electrons. The van der Waals surface area contributed by atoms with E-state index in [2.05, 4.69) is 17.1 Å². The van der Waals surface area contributed by atoms with Gasteiger partial charge in [-0.3, -0.25) is 9.59 Å². The van der Waals surface area contributed by atoms with Crippen molar-refractivity contribution >= 4 is 23.2 Å². The van der Waals surface area contributed by atoms with Crippen LogP contribution < -0.4 is 10.2 Å². The monoisotopic (exact) mass is 369 g/mol. The van der Waals surface area contributed by atoms with Crippen LogP contribution >= 0.6 is 0 Å². The Bertz CT molecular complexity index is 733. The van der Waals surface area contributed by atoms with Crippen LogP contribution in [0.4, 0.5) is 11.4 Å². The van der Waals surface area contributed by atoms with E-state index in [0.717, 1.165) is 56.8 Å². The summed E-state index contributed by atoms with van der Waals surface area (Å²) >= 11 is 0. The van der Waals surface area contributed by atoms with Crippen molar-refractivity contribution < 1.29 is 14.0 Å². The van der Waals surface area contributed by atoms with E-state index >= 15 is 0 Å². The van der Waals surface area contributed by atoms with Crippen molar-refractivity contribution in [1.29, 1.82) is 0 Å². The van der Waals surface area contributed by atoms with Gasteiger partial charge >= 0.3 is 0 Å². The van der Waals surface area contributed by atoms with Gasteiger partial charge in [-0.05, 0) is 42.8 Å². The normalized spacial score (nSPS) is 14.3. The van der Waals surface area contributed by atoms with Gasteiger partial charge in [0.25, 0.3) is 5.91 Å². The molecule has 2 aromatic rings. The van der Waals surface area contributed by atoms with Crippen LogP contribution in [0, 0.1) is 0 Å². The number of carbonyl (C=O) groups excluding carboxylic acids is 2. The lowest BCUT2D eigenvalue weighted by atomic mass is 10.1. The molecule has 0 unspecified atom stereocenters. The van der Waals surface area contributed by atoms with Crippen LogP contribution in [0.25, 0.3) is 0 Å². The lowest BCUT2D eigenvalue weighted by Crippen LogP contribution is -2.48. The zero-order valence-electron chi connectivity index (χ0n) is 15.8. The van der Waals surface area contributed by atoms with Gasteiger partial charge in [0.2, 0.25) is 5.91 Å². The van der Waals surface area contributed by atoms with Gasteiger partial charge in [0, 0.05) is 44.0 Å². The second-order valence-electron chi connectivity index (χ2n) is 6.80. The Morgan fingerprint density at radius 2 is 1.78 bits per heavy atom. The molecule has 1 N–H and O–H groups in total. The molecule has 0 aliphatic carbocycles. The SMILES string of the molecule is CCCCCC(=O)N1CCN(c2ccc(NC(=O)c3ccco3)cc2)CC1. The summed E-state index contributed by atoms with van der Waals surface area (Å²) in [5.74, 6) is 0.306. The molecule has 1 aromatic carbocycles. The van der Waals surface area contributed by atoms with Crippen LogP contribution in [0.15, 0.2) is 47.1 Å². The molecule has 0 saturated carbocycles. The number of unbranched alkanes of at least 4 members (excludes halogenated alkanes) is 2. The second kappa shape index (κ2) is 9.26. The number of furan rings is 1. The van der Waals surface area contributed by atoms with E-state index in [-0.39, 0.29) is 11.8 Å². The molecule has 6 heteroatoms. The van der Waals surface area contributed by atoms with Gasteiger partial charge in [0.1, 0.15) is 0 Å². The number of nitrogens with zero attached hydrogens (tertiary/aromatic N) is 2. The zero-order chi connectivity index (χ0) is 19.1. The number of hydrogen-bond donors (Lipinski definition) is 1. The Labute approximate surface area is 160 Å². The Morgan fingerprint density at radius 1 is 1.04 bits per heavy atom. The highest BCUT2D eigenvalue weighted by atomic mass is 16.3. The highest BCUT2D eigenvalue weighted by molar-refractivity contribution is 6.02. The number of piperazine rings is 1. The maximum absolute atomic E-state index is 12.2. The molecule has 3 rings (SSSR count). The third kappa shape index (κ3) is 5.12. The minimum atomic E-state index is -0.261. The van der Waals surface area contributed by atoms with Crippen molar-refractivity contribution in [3.05, 3.63) is 48.4 Å². The Balaban J connectivity index is 1.48. The number of hydrogen-bond acceptors (Lipinski definition) is 4. The largest absolute Gasteiger partial charge is 0.459 e. The standard InChI is InChI=1S/C21H27N3O3/c1-2-3-4-7-20(25)24-14-12-23(13-15-24)18-10-8-17(9-11-18)22-21(26)19-6-5-16-27-19/h5-6,8-11,16H,2-4,7,12-15H2,1H3,(H,22,26). The van der Waals surface area contributed by atoms with E-state index in [1.54, 1.807) is 12.1 Å². The quantitative estimate of drug-likeness (QED) is 0.755. The van der Waals surface area contributed by atoms with Gasteiger partial charge in [-0.2, -0.15) is 0 Å². The minimum Gasteiger partial charge on any atom is -0.459 e. The Kier molecular flexibility index (Phi) is 6.52. The van der Waals surface area contributed by atoms with Crippen LogP contribution in [-0.2, 0) is 4.79 Å². The summed E-state index contributed by atoms with van der Waals surface area (Å²) in [7, 11) is 0. The summed E-state index contributed by atoms with van der Waals surface area (Å²) in [5.41, 5.74) is 1.83. The van der Waals surface area contributed by atoms with E-state index in [1.807, 2.05) is 29.2 Å². The lowest BCUT2D eigenvalue weighted by Gasteiger charge is -2.36. The summed E-state index contributed by atoms with van der Waals surface area (Å²) in [6.45, 7) is 5.34. The highest BCUT2D eigenvalue weighted by Crippen LogP contribution is 2.20.